The summed E-state index contributed by atoms with van der Waals surface area (Å²) >= 11 is 0. The van der Waals surface area contributed by atoms with Crippen LogP contribution in [-0.2, 0) is 14.9 Å². The summed E-state index contributed by atoms with van der Waals surface area (Å²) in [5, 5.41) is 0. The number of carbonyl (C=O) groups excluding carboxylic acids is 1. The van der Waals surface area contributed by atoms with Gasteiger partial charge in [-0.2, -0.15) is 0 Å². The number of esters is 1. The van der Waals surface area contributed by atoms with Crippen LogP contribution in [0.3, 0.4) is 0 Å². The molecule has 0 spiro atoms. The van der Waals surface area contributed by atoms with E-state index in [9.17, 15) is 4.79 Å². The van der Waals surface area contributed by atoms with E-state index in [4.69, 9.17) is 4.74 Å². The first-order valence-electron chi connectivity index (χ1n) is 6.98. The Morgan fingerprint density at radius 2 is 1.50 bits per heavy atom. The average molecular weight is 266 g/mol. The highest BCUT2D eigenvalue weighted by Gasteiger charge is 2.53. The van der Waals surface area contributed by atoms with E-state index in [-0.39, 0.29) is 17.3 Å². The van der Waals surface area contributed by atoms with Crippen molar-refractivity contribution in [3.8, 4) is 0 Å². The van der Waals surface area contributed by atoms with Gasteiger partial charge in [0.1, 0.15) is 0 Å². The van der Waals surface area contributed by atoms with E-state index in [2.05, 4.69) is 24.3 Å². The molecule has 1 unspecified atom stereocenters. The van der Waals surface area contributed by atoms with E-state index in [0.717, 1.165) is 12.8 Å². The molecule has 1 aliphatic carbocycles. The number of ether oxygens (including phenoxy) is 1. The number of carbonyl (C=O) groups is 1. The molecule has 0 bridgehead atoms. The molecule has 0 heterocycles. The summed E-state index contributed by atoms with van der Waals surface area (Å²) in [5.74, 6) is -0.193. The third-order valence-corrected chi connectivity index (χ3v) is 4.49. The van der Waals surface area contributed by atoms with Gasteiger partial charge in [-0.25, -0.2) is 0 Å². The predicted molar refractivity (Wildman–Crippen MR) is 78.4 cm³/mol. The highest BCUT2D eigenvalue weighted by Crippen LogP contribution is 2.53. The quantitative estimate of drug-likeness (QED) is 0.794. The maximum absolute atomic E-state index is 12.1. The molecule has 3 rings (SSSR count). The van der Waals surface area contributed by atoms with Crippen molar-refractivity contribution < 1.29 is 9.53 Å². The van der Waals surface area contributed by atoms with Gasteiger partial charge in [-0.1, -0.05) is 60.7 Å². The first-order chi connectivity index (χ1) is 9.79. The van der Waals surface area contributed by atoms with Crippen LogP contribution in [0.4, 0.5) is 0 Å². The zero-order chi connectivity index (χ0) is 14.0. The van der Waals surface area contributed by atoms with Crippen LogP contribution in [0.25, 0.3) is 0 Å². The average Bonchev–Trinajstić information content (AvgIpc) is 2.49. The highest BCUT2D eigenvalue weighted by atomic mass is 16.5. The molecule has 0 amide bonds. The maximum Gasteiger partial charge on any atom is 0.309 e. The van der Waals surface area contributed by atoms with Crippen LogP contribution in [-0.4, -0.2) is 13.1 Å². The Kier molecular flexibility index (Phi) is 3.31. The topological polar surface area (TPSA) is 26.3 Å². The van der Waals surface area contributed by atoms with Crippen molar-refractivity contribution >= 4 is 5.97 Å². The third kappa shape index (κ3) is 1.83. The maximum atomic E-state index is 12.1. The summed E-state index contributed by atoms with van der Waals surface area (Å²) in [5.41, 5.74) is 2.18. The minimum absolute atomic E-state index is 0.0858. The van der Waals surface area contributed by atoms with Gasteiger partial charge in [0.05, 0.1) is 13.0 Å². The highest BCUT2D eigenvalue weighted by molar-refractivity contribution is 5.77. The molecule has 20 heavy (non-hydrogen) atoms. The Hall–Kier alpha value is -2.09. The number of rotatable bonds is 3. The molecule has 2 aromatic rings. The third-order valence-electron chi connectivity index (χ3n) is 4.49. The summed E-state index contributed by atoms with van der Waals surface area (Å²) in [7, 11) is 1.47. The van der Waals surface area contributed by atoms with Gasteiger partial charge in [0.2, 0.25) is 0 Å². The van der Waals surface area contributed by atoms with E-state index < -0.39 is 0 Å². The van der Waals surface area contributed by atoms with Gasteiger partial charge in [-0.3, -0.25) is 4.79 Å². The molecule has 2 heteroatoms. The van der Waals surface area contributed by atoms with Gasteiger partial charge in [0, 0.05) is 5.41 Å². The van der Waals surface area contributed by atoms with Crippen molar-refractivity contribution in [1.82, 2.24) is 0 Å². The summed E-state index contributed by atoms with van der Waals surface area (Å²) in [6.45, 7) is 0. The Morgan fingerprint density at radius 1 is 1.00 bits per heavy atom. The Morgan fingerprint density at radius 3 is 1.85 bits per heavy atom. The standard InChI is InChI=1S/C18H18O2/c1-20-17(19)16-12-13-18(16,14-8-4-2-5-9-14)15-10-6-3-7-11-15/h2-11,16H,12-13H2,1H3. The number of methoxy groups -OCH3 is 1. The van der Waals surface area contributed by atoms with Crippen LogP contribution in [0.15, 0.2) is 60.7 Å². The van der Waals surface area contributed by atoms with Crippen LogP contribution >= 0.6 is 0 Å². The number of benzene rings is 2. The van der Waals surface area contributed by atoms with Crippen LogP contribution in [0.5, 0.6) is 0 Å². The first-order valence-corrected chi connectivity index (χ1v) is 6.98. The van der Waals surface area contributed by atoms with Crippen LogP contribution in [0.2, 0.25) is 0 Å². The van der Waals surface area contributed by atoms with E-state index in [1.807, 2.05) is 36.4 Å². The normalized spacial score (nSPS) is 19.9. The minimum Gasteiger partial charge on any atom is -0.469 e. The summed E-state index contributed by atoms with van der Waals surface area (Å²) in [6, 6.07) is 20.6. The molecule has 0 aromatic heterocycles. The van der Waals surface area contributed by atoms with Gasteiger partial charge in [-0.05, 0) is 24.0 Å². The Bertz CT molecular complexity index is 550. The first kappa shape index (κ1) is 12.9. The lowest BCUT2D eigenvalue weighted by molar-refractivity contribution is -0.151. The van der Waals surface area contributed by atoms with Crippen LogP contribution in [0.1, 0.15) is 24.0 Å². The molecular formula is C18H18O2. The smallest absolute Gasteiger partial charge is 0.309 e. The largest absolute Gasteiger partial charge is 0.469 e. The van der Waals surface area contributed by atoms with Gasteiger partial charge in [-0.15, -0.1) is 0 Å². The van der Waals surface area contributed by atoms with Crippen LogP contribution < -0.4 is 0 Å². The Labute approximate surface area is 119 Å². The fourth-order valence-electron chi connectivity index (χ4n) is 3.37. The zero-order valence-corrected chi connectivity index (χ0v) is 11.6. The van der Waals surface area contributed by atoms with Gasteiger partial charge < -0.3 is 4.74 Å². The van der Waals surface area contributed by atoms with Gasteiger partial charge in [0.15, 0.2) is 0 Å². The van der Waals surface area contributed by atoms with E-state index in [0.29, 0.717) is 0 Å². The van der Waals surface area contributed by atoms with Crippen molar-refractivity contribution in [2.75, 3.05) is 7.11 Å². The lowest BCUT2D eigenvalue weighted by atomic mass is 9.53. The molecule has 0 radical (unpaired) electrons. The predicted octanol–water partition coefficient (Wildman–Crippen LogP) is 3.56. The SMILES string of the molecule is COC(=O)C1CCC1(c1ccccc1)c1ccccc1. The Balaban J connectivity index is 2.12. The lowest BCUT2D eigenvalue weighted by Crippen LogP contribution is -2.49. The van der Waals surface area contributed by atoms with E-state index in [1.54, 1.807) is 0 Å². The molecule has 0 aliphatic heterocycles. The summed E-state index contributed by atoms with van der Waals surface area (Å²) in [4.78, 5) is 12.1. The van der Waals surface area contributed by atoms with Gasteiger partial charge in [0.25, 0.3) is 0 Å². The van der Waals surface area contributed by atoms with E-state index in [1.165, 1.54) is 18.2 Å². The second-order valence-electron chi connectivity index (χ2n) is 5.32. The van der Waals surface area contributed by atoms with Crippen molar-refractivity contribution in [3.05, 3.63) is 71.8 Å². The monoisotopic (exact) mass is 266 g/mol. The van der Waals surface area contributed by atoms with E-state index >= 15 is 0 Å². The van der Waals surface area contributed by atoms with Crippen LogP contribution in [0, 0.1) is 5.92 Å². The molecule has 102 valence electrons. The fourth-order valence-corrected chi connectivity index (χ4v) is 3.37. The van der Waals surface area contributed by atoms with Crippen molar-refractivity contribution in [3.63, 3.8) is 0 Å². The molecular weight excluding hydrogens is 248 g/mol. The number of hydrogen-bond acceptors (Lipinski definition) is 2. The second-order valence-corrected chi connectivity index (χ2v) is 5.32. The molecule has 2 nitrogen and oxygen atoms in total. The molecule has 1 fully saturated rings. The zero-order valence-electron chi connectivity index (χ0n) is 11.6. The molecule has 0 N–H and O–H groups in total. The minimum atomic E-state index is -0.227. The summed E-state index contributed by atoms with van der Waals surface area (Å²) in [6.07, 6.45) is 1.87. The lowest BCUT2D eigenvalue weighted by Gasteiger charge is -2.49. The van der Waals surface area contributed by atoms with Crippen molar-refractivity contribution in [1.29, 1.82) is 0 Å². The van der Waals surface area contributed by atoms with Crippen molar-refractivity contribution in [2.45, 2.75) is 18.3 Å². The number of hydrogen-bond donors (Lipinski definition) is 0. The van der Waals surface area contributed by atoms with Crippen molar-refractivity contribution in [2.24, 2.45) is 5.92 Å². The fraction of sp³-hybridized carbons (Fsp3) is 0.278. The van der Waals surface area contributed by atoms with Gasteiger partial charge >= 0.3 is 5.97 Å². The molecule has 1 saturated carbocycles. The molecule has 1 aliphatic rings. The second kappa shape index (κ2) is 5.12. The molecule has 0 saturated heterocycles. The summed E-state index contributed by atoms with van der Waals surface area (Å²) < 4.78 is 5.01. The molecule has 1 atom stereocenters. The molecule has 2 aromatic carbocycles.